The SMILES string of the molecule is COc1ccc(C(=O)NCCc2ccc(-n3cccn3)cc2)cc1OC. The molecule has 0 aliphatic carbocycles. The highest BCUT2D eigenvalue weighted by atomic mass is 16.5. The van der Waals surface area contributed by atoms with E-state index >= 15 is 0 Å². The molecule has 134 valence electrons. The maximum Gasteiger partial charge on any atom is 0.251 e. The van der Waals surface area contributed by atoms with E-state index in [-0.39, 0.29) is 5.91 Å². The van der Waals surface area contributed by atoms with Crippen LogP contribution >= 0.6 is 0 Å². The van der Waals surface area contributed by atoms with Crippen molar-refractivity contribution < 1.29 is 14.3 Å². The molecule has 6 heteroatoms. The van der Waals surface area contributed by atoms with Gasteiger partial charge in [-0.15, -0.1) is 0 Å². The molecule has 1 N–H and O–H groups in total. The molecule has 0 radical (unpaired) electrons. The van der Waals surface area contributed by atoms with Crippen LogP contribution in [0.4, 0.5) is 0 Å². The molecule has 6 nitrogen and oxygen atoms in total. The number of rotatable bonds is 7. The lowest BCUT2D eigenvalue weighted by Gasteiger charge is -2.10. The molecule has 0 unspecified atom stereocenters. The molecule has 0 bridgehead atoms. The van der Waals surface area contributed by atoms with Crippen molar-refractivity contribution in [3.63, 3.8) is 0 Å². The second-order valence-corrected chi connectivity index (χ2v) is 5.69. The Hall–Kier alpha value is -3.28. The lowest BCUT2D eigenvalue weighted by Crippen LogP contribution is -2.25. The van der Waals surface area contributed by atoms with Crippen LogP contribution in [0.5, 0.6) is 11.5 Å². The molecule has 0 saturated heterocycles. The molecule has 0 fully saturated rings. The molecule has 3 rings (SSSR count). The van der Waals surface area contributed by atoms with Crippen LogP contribution < -0.4 is 14.8 Å². The number of carbonyl (C=O) groups excluding carboxylic acids is 1. The number of ether oxygens (including phenoxy) is 2. The fraction of sp³-hybridized carbons (Fsp3) is 0.200. The molecule has 0 aliphatic rings. The van der Waals surface area contributed by atoms with Crippen molar-refractivity contribution in [3.8, 4) is 17.2 Å². The summed E-state index contributed by atoms with van der Waals surface area (Å²) in [5.74, 6) is 0.995. The summed E-state index contributed by atoms with van der Waals surface area (Å²) in [5, 5.41) is 7.13. The number of carbonyl (C=O) groups is 1. The zero-order valence-electron chi connectivity index (χ0n) is 14.8. The standard InChI is InChI=1S/C20H21N3O3/c1-25-18-9-6-16(14-19(18)26-2)20(24)21-12-10-15-4-7-17(8-5-15)23-13-3-11-22-23/h3-9,11,13-14H,10,12H2,1-2H3,(H,21,24). The van der Waals surface area contributed by atoms with Crippen LogP contribution in [0.1, 0.15) is 15.9 Å². The average Bonchev–Trinajstić information content (AvgIpc) is 3.22. The number of benzene rings is 2. The molecule has 0 saturated carbocycles. The van der Waals surface area contributed by atoms with E-state index in [1.807, 2.05) is 41.2 Å². The quantitative estimate of drug-likeness (QED) is 0.711. The van der Waals surface area contributed by atoms with Gasteiger partial charge in [0.25, 0.3) is 5.91 Å². The van der Waals surface area contributed by atoms with Crippen molar-refractivity contribution in [2.24, 2.45) is 0 Å². The number of hydrogen-bond donors (Lipinski definition) is 1. The Morgan fingerprint density at radius 1 is 1.08 bits per heavy atom. The zero-order valence-corrected chi connectivity index (χ0v) is 14.8. The minimum absolute atomic E-state index is 0.140. The molecular formula is C20H21N3O3. The Bertz CT molecular complexity index is 859. The third kappa shape index (κ3) is 4.03. The highest BCUT2D eigenvalue weighted by Gasteiger charge is 2.10. The van der Waals surface area contributed by atoms with Crippen LogP contribution in [0.2, 0.25) is 0 Å². The molecule has 3 aromatic rings. The molecule has 26 heavy (non-hydrogen) atoms. The topological polar surface area (TPSA) is 65.4 Å². The van der Waals surface area contributed by atoms with Crippen molar-refractivity contribution in [2.75, 3.05) is 20.8 Å². The predicted molar refractivity (Wildman–Crippen MR) is 99.1 cm³/mol. The minimum atomic E-state index is -0.140. The number of hydrogen-bond acceptors (Lipinski definition) is 4. The van der Waals surface area contributed by atoms with Crippen LogP contribution in [-0.2, 0) is 6.42 Å². The average molecular weight is 351 g/mol. The summed E-state index contributed by atoms with van der Waals surface area (Å²) in [7, 11) is 3.11. The van der Waals surface area contributed by atoms with Gasteiger partial charge in [-0.05, 0) is 48.4 Å². The molecule has 1 heterocycles. The van der Waals surface area contributed by atoms with Gasteiger partial charge < -0.3 is 14.8 Å². The van der Waals surface area contributed by atoms with Crippen LogP contribution in [0.3, 0.4) is 0 Å². The summed E-state index contributed by atoms with van der Waals surface area (Å²) in [5.41, 5.74) is 2.69. The minimum Gasteiger partial charge on any atom is -0.493 e. The summed E-state index contributed by atoms with van der Waals surface area (Å²) < 4.78 is 12.2. The molecule has 2 aromatic carbocycles. The van der Waals surface area contributed by atoms with Gasteiger partial charge in [0.05, 0.1) is 19.9 Å². The first-order valence-corrected chi connectivity index (χ1v) is 8.30. The Balaban J connectivity index is 1.55. The summed E-state index contributed by atoms with van der Waals surface area (Å²) in [6, 6.07) is 15.1. The molecule has 0 spiro atoms. The van der Waals surface area contributed by atoms with Gasteiger partial charge >= 0.3 is 0 Å². The van der Waals surface area contributed by atoms with Gasteiger partial charge in [0.1, 0.15) is 0 Å². The van der Waals surface area contributed by atoms with Gasteiger partial charge in [0, 0.05) is 24.5 Å². The van der Waals surface area contributed by atoms with E-state index in [0.29, 0.717) is 23.6 Å². The van der Waals surface area contributed by atoms with Crippen molar-refractivity contribution in [2.45, 2.75) is 6.42 Å². The van der Waals surface area contributed by atoms with Crippen LogP contribution in [0.15, 0.2) is 60.9 Å². The number of aromatic nitrogens is 2. The first-order valence-electron chi connectivity index (χ1n) is 8.30. The van der Waals surface area contributed by atoms with E-state index in [9.17, 15) is 4.79 Å². The van der Waals surface area contributed by atoms with E-state index in [1.54, 1.807) is 38.6 Å². The first-order chi connectivity index (χ1) is 12.7. The lowest BCUT2D eigenvalue weighted by atomic mass is 10.1. The van der Waals surface area contributed by atoms with Crippen molar-refractivity contribution in [3.05, 3.63) is 72.1 Å². The Morgan fingerprint density at radius 3 is 2.50 bits per heavy atom. The summed E-state index contributed by atoms with van der Waals surface area (Å²) in [4.78, 5) is 12.3. The van der Waals surface area contributed by atoms with E-state index in [2.05, 4.69) is 10.4 Å². The fourth-order valence-electron chi connectivity index (χ4n) is 2.64. The van der Waals surface area contributed by atoms with Gasteiger partial charge in [0.2, 0.25) is 0 Å². The number of amides is 1. The van der Waals surface area contributed by atoms with E-state index in [4.69, 9.17) is 9.47 Å². The Morgan fingerprint density at radius 2 is 1.85 bits per heavy atom. The van der Waals surface area contributed by atoms with Crippen LogP contribution in [0, 0.1) is 0 Å². The number of nitrogens with zero attached hydrogens (tertiary/aromatic N) is 2. The van der Waals surface area contributed by atoms with Gasteiger partial charge in [-0.2, -0.15) is 5.10 Å². The summed E-state index contributed by atoms with van der Waals surface area (Å²) >= 11 is 0. The van der Waals surface area contributed by atoms with Crippen LogP contribution in [-0.4, -0.2) is 36.5 Å². The predicted octanol–water partition coefficient (Wildman–Crippen LogP) is 2.86. The molecular weight excluding hydrogens is 330 g/mol. The van der Waals surface area contributed by atoms with E-state index in [0.717, 1.165) is 17.7 Å². The lowest BCUT2D eigenvalue weighted by molar-refractivity contribution is 0.0953. The van der Waals surface area contributed by atoms with Crippen molar-refractivity contribution in [1.82, 2.24) is 15.1 Å². The van der Waals surface area contributed by atoms with Gasteiger partial charge in [-0.3, -0.25) is 4.79 Å². The monoisotopic (exact) mass is 351 g/mol. The molecule has 0 atom stereocenters. The van der Waals surface area contributed by atoms with Crippen LogP contribution in [0.25, 0.3) is 5.69 Å². The van der Waals surface area contributed by atoms with Crippen molar-refractivity contribution in [1.29, 1.82) is 0 Å². The Labute approximate surface area is 152 Å². The summed E-state index contributed by atoms with van der Waals surface area (Å²) in [6.07, 6.45) is 4.40. The fourth-order valence-corrected chi connectivity index (χ4v) is 2.64. The van der Waals surface area contributed by atoms with E-state index in [1.165, 1.54) is 0 Å². The zero-order chi connectivity index (χ0) is 18.4. The first kappa shape index (κ1) is 17.5. The highest BCUT2D eigenvalue weighted by Crippen LogP contribution is 2.27. The largest absolute Gasteiger partial charge is 0.493 e. The van der Waals surface area contributed by atoms with Gasteiger partial charge in [-0.1, -0.05) is 12.1 Å². The van der Waals surface area contributed by atoms with Gasteiger partial charge in [0.15, 0.2) is 11.5 Å². The van der Waals surface area contributed by atoms with Crippen molar-refractivity contribution >= 4 is 5.91 Å². The third-order valence-corrected chi connectivity index (χ3v) is 4.05. The number of methoxy groups -OCH3 is 2. The smallest absolute Gasteiger partial charge is 0.251 e. The second-order valence-electron chi connectivity index (χ2n) is 5.69. The second kappa shape index (κ2) is 8.20. The maximum atomic E-state index is 12.3. The van der Waals surface area contributed by atoms with Gasteiger partial charge in [-0.25, -0.2) is 4.68 Å². The number of nitrogens with one attached hydrogen (secondary N) is 1. The molecule has 1 aromatic heterocycles. The van der Waals surface area contributed by atoms with E-state index < -0.39 is 0 Å². The Kier molecular flexibility index (Phi) is 5.53. The third-order valence-electron chi connectivity index (χ3n) is 4.05. The molecule has 0 aliphatic heterocycles. The highest BCUT2D eigenvalue weighted by molar-refractivity contribution is 5.94. The maximum absolute atomic E-state index is 12.3. The molecule has 1 amide bonds. The normalized spacial score (nSPS) is 10.4. The summed E-state index contributed by atoms with van der Waals surface area (Å²) in [6.45, 7) is 0.550.